The zero-order valence-corrected chi connectivity index (χ0v) is 46.8. The normalized spacial score (nSPS) is 29.4. The molecule has 6 aromatic heterocycles. The van der Waals surface area contributed by atoms with Gasteiger partial charge in [0.1, 0.15) is 66.8 Å². The number of aromatic nitrogens is 12. The Morgan fingerprint density at radius 2 is 1.31 bits per heavy atom. The number of hydrogen-bond acceptors (Lipinski definition) is 29. The third-order valence-corrected chi connectivity index (χ3v) is 18.8. The van der Waals surface area contributed by atoms with E-state index in [2.05, 4.69) is 53.8 Å². The van der Waals surface area contributed by atoms with Crippen molar-refractivity contribution < 1.29 is 103 Å². The summed E-state index contributed by atoms with van der Waals surface area (Å²) in [6.45, 7) is -4.90. The van der Waals surface area contributed by atoms with Gasteiger partial charge in [-0.3, -0.25) is 51.4 Å². The van der Waals surface area contributed by atoms with Crippen LogP contribution in [-0.2, 0) is 87.7 Å². The van der Waals surface area contributed by atoms with E-state index in [0.717, 1.165) is 6.33 Å². The number of phosphoric ester groups is 3. The van der Waals surface area contributed by atoms with Crippen LogP contribution in [-0.4, -0.2) is 185 Å². The number of aliphatic hydroxyl groups excluding tert-OH is 2. The van der Waals surface area contributed by atoms with Crippen LogP contribution in [0, 0.1) is 0 Å². The summed E-state index contributed by atoms with van der Waals surface area (Å²) in [6.07, 6.45) is -12.9. The van der Waals surface area contributed by atoms with Gasteiger partial charge in [0.05, 0.1) is 45.6 Å². The van der Waals surface area contributed by atoms with Crippen molar-refractivity contribution in [3.05, 3.63) is 46.0 Å². The van der Waals surface area contributed by atoms with E-state index < -0.39 is 141 Å². The van der Waals surface area contributed by atoms with Crippen LogP contribution >= 0.6 is 30.2 Å². The molecule has 3 saturated heterocycles. The molecule has 3 aliphatic heterocycles. The fourth-order valence-electron chi connectivity index (χ4n) is 9.20. The number of aliphatic hydroxyl groups is 2. The Hall–Kier alpha value is -4.73. The van der Waals surface area contributed by atoms with Crippen LogP contribution in [0.4, 0.5) is 17.7 Å². The average Bonchev–Trinajstić information content (AvgIpc) is 4.22. The number of nitrogens with one attached hydrogen (secondary N) is 3. The van der Waals surface area contributed by atoms with Crippen molar-refractivity contribution in [2.45, 2.75) is 93.6 Å². The van der Waals surface area contributed by atoms with Crippen LogP contribution in [0.5, 0.6) is 0 Å². The Balaban J connectivity index is 0.889. The number of rotatable bonds is 23. The molecule has 16 atom stereocenters. The Bertz CT molecular complexity index is 3590. The standard InChI is InChI=1S/C37H53N15O23P4S/c1-14(2)69-24-16(71-33(22(24)54)51-12-44-19-29(51)45-36(38)47-31(19)55)8-66-76(57,58)73-25-17(72-35(26(25)65-6)50-11-43-18-27(40-3)41-10-42-28(18)50)9-68-78(61,62)75-79(63,80)74-77(59,60)67-7-15-23(64-5)21(53)34(70-15)52-13-49(4)20-30(52)46-37(39)48-32(20)56/h10-17,21-26,33-35,53-54H,7-9H2,1-6H3,(H10-,38,39,40,41,42,45,46,47,48,55,56,57,58,59,60,61,62,63,80)/p+1/t15-,16-,17-,21?,22?,23+,24+,25+,26?,33-,34-,35-,79?/m1/s1. The predicted octanol–water partition coefficient (Wildman–Crippen LogP) is -2.05. The molecule has 80 heavy (non-hydrogen) atoms. The van der Waals surface area contributed by atoms with Gasteiger partial charge in [-0.2, -0.15) is 4.98 Å². The maximum Gasteiger partial charge on any atom is 0.479 e. The van der Waals surface area contributed by atoms with Crippen molar-refractivity contribution in [2.75, 3.05) is 57.9 Å². The number of fused-ring (bicyclic) bond motifs is 3. The average molecular weight is 1230 g/mol. The first-order valence-corrected chi connectivity index (χ1v) is 30.4. The van der Waals surface area contributed by atoms with Gasteiger partial charge in [-0.25, -0.2) is 46.8 Å². The first-order chi connectivity index (χ1) is 37.6. The lowest BCUT2D eigenvalue weighted by molar-refractivity contribution is -0.745. The molecule has 43 heteroatoms. The summed E-state index contributed by atoms with van der Waals surface area (Å²) >= 11 is 4.80. The molecule has 0 saturated carbocycles. The Labute approximate surface area is 453 Å². The number of imidazole rings is 3. The highest BCUT2D eigenvalue weighted by molar-refractivity contribution is 8.09. The van der Waals surface area contributed by atoms with E-state index in [1.165, 1.54) is 58.5 Å². The van der Waals surface area contributed by atoms with Gasteiger partial charge in [0.25, 0.3) is 17.1 Å². The molecule has 9 heterocycles. The summed E-state index contributed by atoms with van der Waals surface area (Å²) in [7, 11) is -11.3. The molecule has 9 rings (SSSR count). The first-order valence-electron chi connectivity index (χ1n) is 23.4. The highest BCUT2D eigenvalue weighted by Crippen LogP contribution is 2.68. The van der Waals surface area contributed by atoms with Crippen molar-refractivity contribution in [1.82, 2.24) is 53.6 Å². The number of ether oxygens (including phenoxy) is 6. The van der Waals surface area contributed by atoms with Gasteiger partial charge in [0.15, 0.2) is 41.4 Å². The molecule has 0 bridgehead atoms. The van der Waals surface area contributed by atoms with Gasteiger partial charge in [0, 0.05) is 21.3 Å². The number of hydrogen-bond donors (Lipinski definition) is 11. The number of nitrogens with two attached hydrogens (primary N) is 2. The highest BCUT2D eigenvalue weighted by Gasteiger charge is 2.54. The maximum atomic E-state index is 14.0. The van der Waals surface area contributed by atoms with Crippen LogP contribution in [0.2, 0.25) is 0 Å². The lowest BCUT2D eigenvalue weighted by Crippen LogP contribution is -2.46. The third-order valence-electron chi connectivity index (χ3n) is 12.4. The van der Waals surface area contributed by atoms with Crippen LogP contribution in [0.15, 0.2) is 34.9 Å². The second-order valence-corrected chi connectivity index (χ2v) is 25.5. The van der Waals surface area contributed by atoms with Crippen LogP contribution < -0.4 is 32.5 Å². The van der Waals surface area contributed by atoms with Gasteiger partial charge >= 0.3 is 35.8 Å². The Kier molecular flexibility index (Phi) is 17.3. The zero-order chi connectivity index (χ0) is 58.0. The lowest BCUT2D eigenvalue weighted by atomic mass is 10.1. The number of phosphoric acid groups is 3. The smallest absolute Gasteiger partial charge is 0.386 e. The molecular formula is C37H54N15O23P4S+. The molecule has 6 aromatic rings. The number of nitrogen functional groups attached to an aromatic ring is 2. The molecule has 0 amide bonds. The van der Waals surface area contributed by atoms with E-state index in [1.54, 1.807) is 20.9 Å². The molecule has 0 radical (unpaired) electrons. The van der Waals surface area contributed by atoms with Crippen LogP contribution in [0.1, 0.15) is 32.5 Å². The van der Waals surface area contributed by atoms with Crippen molar-refractivity contribution >= 4 is 93.2 Å². The maximum absolute atomic E-state index is 14.0. The molecule has 7 unspecified atom stereocenters. The van der Waals surface area contributed by atoms with E-state index >= 15 is 0 Å². The summed E-state index contributed by atoms with van der Waals surface area (Å²) in [5.41, 5.74) is 10.4. The number of aryl methyl sites for hydroxylation is 1. The number of aromatic amines is 2. The molecule has 3 aliphatic rings. The van der Waals surface area contributed by atoms with E-state index in [9.17, 15) is 53.1 Å². The minimum atomic E-state index is -5.74. The summed E-state index contributed by atoms with van der Waals surface area (Å²) in [5.74, 6) is -0.228. The minimum absolute atomic E-state index is 0.00539. The molecule has 440 valence electrons. The lowest BCUT2D eigenvalue weighted by Gasteiger charge is -2.27. The van der Waals surface area contributed by atoms with Crippen molar-refractivity contribution in [1.29, 1.82) is 0 Å². The van der Waals surface area contributed by atoms with E-state index in [0.29, 0.717) is 0 Å². The predicted molar refractivity (Wildman–Crippen MR) is 270 cm³/mol. The SMILES string of the molecule is CNc1ncnc2c1ncn2[C@@H]1O[C@H](COP(=O)(O)OP(O)(=S)OP(=O)(O)OC[C@H]2O[C@@H]([n+]3cn(C)c4c(=O)[nH]c(N)nc43)C(O)[C@H]2OC)[C@H](OP(=O)(O)OC[C@H]2O[C@@H](n3cnc4c(=O)[nH]c(N)nc43)C(O)[C@H]2OC(C)C)C1OC. The number of H-pyrrole nitrogens is 2. The van der Waals surface area contributed by atoms with Gasteiger partial charge in [-0.1, -0.05) is 4.98 Å². The van der Waals surface area contributed by atoms with Crippen LogP contribution in [0.3, 0.4) is 0 Å². The molecule has 0 aromatic carbocycles. The third kappa shape index (κ3) is 12.3. The van der Waals surface area contributed by atoms with Gasteiger partial charge in [-0.15, -0.1) is 0 Å². The van der Waals surface area contributed by atoms with Gasteiger partial charge in [0.2, 0.25) is 17.7 Å². The molecular weight excluding hydrogens is 1180 g/mol. The van der Waals surface area contributed by atoms with E-state index in [4.69, 9.17) is 69.8 Å². The Morgan fingerprint density at radius 3 is 1.94 bits per heavy atom. The molecule has 3 fully saturated rings. The topological polar surface area (TPSA) is 509 Å². The van der Waals surface area contributed by atoms with Crippen LogP contribution in [0.25, 0.3) is 33.5 Å². The summed E-state index contributed by atoms with van der Waals surface area (Å²) in [4.78, 5) is 98.5. The minimum Gasteiger partial charge on any atom is -0.386 e. The van der Waals surface area contributed by atoms with E-state index in [1.807, 2.05) is 0 Å². The number of methoxy groups -OCH3 is 2. The fraction of sp³-hybridized carbons (Fsp3) is 0.595. The number of anilines is 3. The summed E-state index contributed by atoms with van der Waals surface area (Å²) in [5, 5.41) is 25.5. The largest absolute Gasteiger partial charge is 0.479 e. The van der Waals surface area contributed by atoms with Gasteiger partial charge in [-0.05, 0) is 25.7 Å². The molecule has 0 spiro atoms. The van der Waals surface area contributed by atoms with Crippen molar-refractivity contribution in [3.63, 3.8) is 0 Å². The monoisotopic (exact) mass is 1230 g/mol. The fourth-order valence-corrected chi connectivity index (χ4v) is 15.2. The summed E-state index contributed by atoms with van der Waals surface area (Å²) < 4.78 is 112. The second kappa shape index (κ2) is 23.1. The second-order valence-electron chi connectivity index (χ2n) is 18.0. The first kappa shape index (κ1) is 59.9. The zero-order valence-electron chi connectivity index (χ0n) is 42.4. The Morgan fingerprint density at radius 1 is 0.750 bits per heavy atom. The van der Waals surface area contributed by atoms with Gasteiger partial charge < -0.3 is 75.0 Å². The highest BCUT2D eigenvalue weighted by atomic mass is 32.5. The molecule has 38 nitrogen and oxygen atoms in total. The summed E-state index contributed by atoms with van der Waals surface area (Å²) in [6, 6.07) is 0. The van der Waals surface area contributed by atoms with Crippen molar-refractivity contribution in [2.24, 2.45) is 7.05 Å². The van der Waals surface area contributed by atoms with Crippen molar-refractivity contribution in [3.8, 4) is 0 Å². The van der Waals surface area contributed by atoms with E-state index in [-0.39, 0.29) is 51.2 Å². The molecule has 0 aliphatic carbocycles. The molecule has 13 N–H and O–H groups in total. The number of nitrogens with zero attached hydrogens (tertiary/aromatic N) is 10. The quantitative estimate of drug-likeness (QED) is 0.0243.